The van der Waals surface area contributed by atoms with E-state index in [1.54, 1.807) is 6.07 Å². The summed E-state index contributed by atoms with van der Waals surface area (Å²) in [4.78, 5) is 28.8. The van der Waals surface area contributed by atoms with Crippen LogP contribution in [-0.2, 0) is 16.1 Å². The molecule has 1 saturated heterocycles. The molecule has 1 heterocycles. The molecule has 1 aliphatic rings. The van der Waals surface area contributed by atoms with Gasteiger partial charge in [-0.05, 0) is 43.3 Å². The minimum atomic E-state index is -0.301. The van der Waals surface area contributed by atoms with Gasteiger partial charge in [-0.3, -0.25) is 14.6 Å². The Balaban J connectivity index is 1.53. The van der Waals surface area contributed by atoms with Gasteiger partial charge in [-0.1, -0.05) is 36.4 Å². The molecular weight excluding hydrogens is 354 g/mol. The van der Waals surface area contributed by atoms with Gasteiger partial charge in [0.2, 0.25) is 5.91 Å². The van der Waals surface area contributed by atoms with Crippen LogP contribution in [0.1, 0.15) is 22.3 Å². The van der Waals surface area contributed by atoms with E-state index in [2.05, 4.69) is 15.1 Å². The molecule has 0 unspecified atom stereocenters. The first-order valence-corrected chi connectivity index (χ1v) is 9.61. The van der Waals surface area contributed by atoms with Crippen molar-refractivity contribution in [2.45, 2.75) is 13.0 Å². The molecule has 0 bridgehead atoms. The van der Waals surface area contributed by atoms with Gasteiger partial charge in [-0.15, -0.1) is 0 Å². The van der Waals surface area contributed by atoms with Crippen LogP contribution in [0.2, 0.25) is 0 Å². The van der Waals surface area contributed by atoms with Crippen LogP contribution in [0.3, 0.4) is 0 Å². The Kier molecular flexibility index (Phi) is 7.17. The van der Waals surface area contributed by atoms with Crippen LogP contribution in [-0.4, -0.2) is 61.5 Å². The fraction of sp³-hybridized carbons (Fsp3) is 0.364. The van der Waals surface area contributed by atoms with Gasteiger partial charge >= 0.3 is 5.97 Å². The lowest BCUT2D eigenvalue weighted by molar-refractivity contribution is -0.117. The molecule has 6 heteroatoms. The number of hydrogen-bond acceptors (Lipinski definition) is 5. The quantitative estimate of drug-likeness (QED) is 0.780. The van der Waals surface area contributed by atoms with E-state index >= 15 is 0 Å². The third-order valence-electron chi connectivity index (χ3n) is 4.92. The molecule has 0 aliphatic carbocycles. The summed E-state index contributed by atoms with van der Waals surface area (Å²) in [6.07, 6.45) is 0.985. The fourth-order valence-corrected chi connectivity index (χ4v) is 3.47. The molecule has 28 heavy (non-hydrogen) atoms. The summed E-state index contributed by atoms with van der Waals surface area (Å²) in [7, 11) is 1.41. The summed E-state index contributed by atoms with van der Waals surface area (Å²) in [5.41, 5.74) is 2.42. The Labute approximate surface area is 166 Å². The molecule has 2 aromatic carbocycles. The van der Waals surface area contributed by atoms with Gasteiger partial charge in [0.25, 0.3) is 0 Å². The number of methoxy groups -OCH3 is 1. The Morgan fingerprint density at radius 1 is 0.929 bits per heavy atom. The molecule has 2 aromatic rings. The van der Waals surface area contributed by atoms with Gasteiger partial charge in [-0.2, -0.15) is 0 Å². The number of ether oxygens (including phenoxy) is 1. The van der Waals surface area contributed by atoms with Crippen molar-refractivity contribution < 1.29 is 14.3 Å². The second kappa shape index (κ2) is 10.0. The van der Waals surface area contributed by atoms with Gasteiger partial charge in [0.05, 0.1) is 19.2 Å². The van der Waals surface area contributed by atoms with Crippen LogP contribution in [0.4, 0.5) is 5.69 Å². The van der Waals surface area contributed by atoms with E-state index in [0.717, 1.165) is 43.9 Å². The molecule has 1 aliphatic heterocycles. The number of esters is 1. The highest BCUT2D eigenvalue weighted by Gasteiger charge is 2.19. The van der Waals surface area contributed by atoms with E-state index in [1.807, 2.05) is 48.5 Å². The molecule has 6 nitrogen and oxygen atoms in total. The molecule has 3 rings (SSSR count). The largest absolute Gasteiger partial charge is 0.465 e. The summed E-state index contributed by atoms with van der Waals surface area (Å²) in [5.74, 6) is -0.291. The SMILES string of the molecule is COC(=O)c1ccccc1CN1CCCN(CC(=O)Nc2ccccc2)CC1. The number of rotatable bonds is 6. The highest BCUT2D eigenvalue weighted by Crippen LogP contribution is 2.15. The number of anilines is 1. The zero-order chi connectivity index (χ0) is 19.8. The van der Waals surface area contributed by atoms with E-state index in [9.17, 15) is 9.59 Å². The zero-order valence-corrected chi connectivity index (χ0v) is 16.3. The lowest BCUT2D eigenvalue weighted by Crippen LogP contribution is -2.36. The Hall–Kier alpha value is -2.70. The second-order valence-electron chi connectivity index (χ2n) is 6.97. The molecule has 0 atom stereocenters. The molecule has 0 aromatic heterocycles. The summed E-state index contributed by atoms with van der Waals surface area (Å²) < 4.78 is 4.89. The maximum absolute atomic E-state index is 12.3. The van der Waals surface area contributed by atoms with E-state index in [4.69, 9.17) is 4.74 Å². The zero-order valence-electron chi connectivity index (χ0n) is 16.3. The van der Waals surface area contributed by atoms with Crippen LogP contribution >= 0.6 is 0 Å². The van der Waals surface area contributed by atoms with Crippen LogP contribution in [0.25, 0.3) is 0 Å². The van der Waals surface area contributed by atoms with E-state index < -0.39 is 0 Å². The molecule has 148 valence electrons. The Bertz CT molecular complexity index is 795. The lowest BCUT2D eigenvalue weighted by Gasteiger charge is -2.22. The minimum Gasteiger partial charge on any atom is -0.465 e. The number of carbonyl (C=O) groups is 2. The average molecular weight is 381 g/mol. The molecule has 1 N–H and O–H groups in total. The first-order chi connectivity index (χ1) is 13.7. The monoisotopic (exact) mass is 381 g/mol. The summed E-state index contributed by atoms with van der Waals surface area (Å²) in [6, 6.07) is 17.1. The van der Waals surface area contributed by atoms with Crippen LogP contribution < -0.4 is 5.32 Å². The lowest BCUT2D eigenvalue weighted by atomic mass is 10.1. The normalized spacial score (nSPS) is 15.6. The molecule has 0 spiro atoms. The van der Waals surface area contributed by atoms with Gasteiger partial charge in [0, 0.05) is 25.3 Å². The van der Waals surface area contributed by atoms with Crippen molar-refractivity contribution >= 4 is 17.6 Å². The van der Waals surface area contributed by atoms with Crippen molar-refractivity contribution in [2.75, 3.05) is 45.2 Å². The van der Waals surface area contributed by atoms with Crippen molar-refractivity contribution in [3.63, 3.8) is 0 Å². The summed E-state index contributed by atoms with van der Waals surface area (Å²) in [5, 5.41) is 2.94. The maximum Gasteiger partial charge on any atom is 0.338 e. The maximum atomic E-state index is 12.3. The predicted octanol–water partition coefficient (Wildman–Crippen LogP) is 2.62. The first-order valence-electron chi connectivity index (χ1n) is 9.61. The van der Waals surface area contributed by atoms with Gasteiger partial charge in [-0.25, -0.2) is 4.79 Å². The third-order valence-corrected chi connectivity index (χ3v) is 4.92. The summed E-state index contributed by atoms with van der Waals surface area (Å²) in [6.45, 7) is 4.59. The number of nitrogens with one attached hydrogen (secondary N) is 1. The van der Waals surface area contributed by atoms with Crippen molar-refractivity contribution in [1.82, 2.24) is 9.80 Å². The summed E-state index contributed by atoms with van der Waals surface area (Å²) >= 11 is 0. The molecule has 0 radical (unpaired) electrons. The van der Waals surface area contributed by atoms with E-state index in [-0.39, 0.29) is 11.9 Å². The van der Waals surface area contributed by atoms with Crippen LogP contribution in [0.15, 0.2) is 54.6 Å². The Morgan fingerprint density at radius 3 is 2.39 bits per heavy atom. The highest BCUT2D eigenvalue weighted by atomic mass is 16.5. The fourth-order valence-electron chi connectivity index (χ4n) is 3.47. The smallest absolute Gasteiger partial charge is 0.338 e. The van der Waals surface area contributed by atoms with Crippen LogP contribution in [0, 0.1) is 0 Å². The Morgan fingerprint density at radius 2 is 1.61 bits per heavy atom. The standard InChI is InChI=1S/C22H27N3O3/c1-28-22(27)20-11-6-5-8-18(20)16-24-12-7-13-25(15-14-24)17-21(26)23-19-9-3-2-4-10-19/h2-6,8-11H,7,12-17H2,1H3,(H,23,26). The number of benzene rings is 2. The van der Waals surface area contributed by atoms with Crippen molar-refractivity contribution in [2.24, 2.45) is 0 Å². The number of carbonyl (C=O) groups excluding carboxylic acids is 2. The molecule has 1 fully saturated rings. The first kappa shape index (κ1) is 20.0. The van der Waals surface area contributed by atoms with Gasteiger partial charge in [0.1, 0.15) is 0 Å². The topological polar surface area (TPSA) is 61.9 Å². The molecule has 0 saturated carbocycles. The van der Waals surface area contributed by atoms with E-state index in [0.29, 0.717) is 18.7 Å². The second-order valence-corrected chi connectivity index (χ2v) is 6.97. The highest BCUT2D eigenvalue weighted by molar-refractivity contribution is 5.92. The van der Waals surface area contributed by atoms with E-state index in [1.165, 1.54) is 7.11 Å². The number of amides is 1. The number of nitrogens with zero attached hydrogens (tertiary/aromatic N) is 2. The predicted molar refractivity (Wildman–Crippen MR) is 109 cm³/mol. The molecule has 1 amide bonds. The third kappa shape index (κ3) is 5.65. The number of hydrogen-bond donors (Lipinski definition) is 1. The average Bonchev–Trinajstić information content (AvgIpc) is 2.93. The van der Waals surface area contributed by atoms with Crippen molar-refractivity contribution in [3.05, 3.63) is 65.7 Å². The van der Waals surface area contributed by atoms with Crippen molar-refractivity contribution in [3.8, 4) is 0 Å². The molecular formula is C22H27N3O3. The van der Waals surface area contributed by atoms with Gasteiger partial charge < -0.3 is 10.1 Å². The minimum absolute atomic E-state index is 0.00990. The van der Waals surface area contributed by atoms with Crippen molar-refractivity contribution in [1.29, 1.82) is 0 Å². The van der Waals surface area contributed by atoms with Crippen LogP contribution in [0.5, 0.6) is 0 Å². The van der Waals surface area contributed by atoms with Gasteiger partial charge in [0.15, 0.2) is 0 Å². The number of para-hydroxylation sites is 1.